The fourth-order valence-corrected chi connectivity index (χ4v) is 4.11. The van der Waals surface area contributed by atoms with Gasteiger partial charge in [0.2, 0.25) is 0 Å². The highest BCUT2D eigenvalue weighted by molar-refractivity contribution is 9.10. The molecule has 20 heavy (non-hydrogen) atoms. The van der Waals surface area contributed by atoms with Crippen LogP contribution in [0.5, 0.6) is 0 Å². The molecule has 3 rings (SSSR count). The molecule has 1 unspecified atom stereocenters. The van der Waals surface area contributed by atoms with Gasteiger partial charge < -0.3 is 5.32 Å². The van der Waals surface area contributed by atoms with Crippen molar-refractivity contribution in [1.82, 2.24) is 5.32 Å². The van der Waals surface area contributed by atoms with Gasteiger partial charge >= 0.3 is 0 Å². The highest BCUT2D eigenvalue weighted by Gasteiger charge is 2.30. The largest absolute Gasteiger partial charge is 0.311 e. The fraction of sp³-hybridized carbons (Fsp3) is 0.412. The molecule has 1 aromatic heterocycles. The number of hydrogen-bond donors (Lipinski definition) is 1. The van der Waals surface area contributed by atoms with Crippen LogP contribution >= 0.6 is 27.3 Å². The van der Waals surface area contributed by atoms with E-state index in [1.807, 2.05) is 0 Å². The van der Waals surface area contributed by atoms with Crippen LogP contribution in [0.1, 0.15) is 36.8 Å². The summed E-state index contributed by atoms with van der Waals surface area (Å²) in [6, 6.07) is 12.2. The van der Waals surface area contributed by atoms with Crippen LogP contribution in [0, 0.1) is 0 Å². The molecule has 1 atom stereocenters. The van der Waals surface area contributed by atoms with Crippen molar-refractivity contribution in [1.29, 1.82) is 0 Å². The molecule has 0 spiro atoms. The van der Waals surface area contributed by atoms with Gasteiger partial charge in [-0.2, -0.15) is 11.3 Å². The Balaban J connectivity index is 1.46. The van der Waals surface area contributed by atoms with Gasteiger partial charge in [0.25, 0.3) is 0 Å². The zero-order valence-electron chi connectivity index (χ0n) is 11.7. The standard InChI is InChI=1S/C17H20BrNS/c1-12(7-13-5-6-20-11-13)19-17-9-15(10-17)14-3-2-4-16(18)8-14/h2-6,8,11-12,15,17,19H,7,9-10H2,1H3. The summed E-state index contributed by atoms with van der Waals surface area (Å²) < 4.78 is 1.19. The van der Waals surface area contributed by atoms with Crippen LogP contribution < -0.4 is 5.32 Å². The van der Waals surface area contributed by atoms with Gasteiger partial charge in [-0.1, -0.05) is 28.1 Å². The van der Waals surface area contributed by atoms with E-state index in [1.54, 1.807) is 11.3 Å². The lowest BCUT2D eigenvalue weighted by Crippen LogP contribution is -2.45. The molecule has 0 bridgehead atoms. The minimum absolute atomic E-state index is 0.568. The van der Waals surface area contributed by atoms with Crippen LogP contribution in [0.15, 0.2) is 45.6 Å². The lowest BCUT2D eigenvalue weighted by Gasteiger charge is -2.38. The highest BCUT2D eigenvalue weighted by atomic mass is 79.9. The van der Waals surface area contributed by atoms with Crippen molar-refractivity contribution in [3.63, 3.8) is 0 Å². The van der Waals surface area contributed by atoms with E-state index in [1.165, 1.54) is 28.4 Å². The topological polar surface area (TPSA) is 12.0 Å². The number of thiophene rings is 1. The predicted molar refractivity (Wildman–Crippen MR) is 90.5 cm³/mol. The molecule has 0 amide bonds. The first kappa shape index (κ1) is 14.3. The Morgan fingerprint density at radius 2 is 2.20 bits per heavy atom. The Labute approximate surface area is 133 Å². The number of hydrogen-bond acceptors (Lipinski definition) is 2. The first-order chi connectivity index (χ1) is 9.70. The van der Waals surface area contributed by atoms with Crippen molar-refractivity contribution < 1.29 is 0 Å². The second-order valence-corrected chi connectivity index (χ2v) is 7.52. The SMILES string of the molecule is CC(Cc1ccsc1)NC1CC(c2cccc(Br)c2)C1. The molecule has 3 heteroatoms. The first-order valence-electron chi connectivity index (χ1n) is 7.23. The molecule has 1 nitrogen and oxygen atoms in total. The zero-order chi connectivity index (χ0) is 13.9. The molecule has 1 aromatic carbocycles. The van der Waals surface area contributed by atoms with Gasteiger partial charge in [-0.3, -0.25) is 0 Å². The summed E-state index contributed by atoms with van der Waals surface area (Å²) in [7, 11) is 0. The average Bonchev–Trinajstić information content (AvgIpc) is 2.86. The van der Waals surface area contributed by atoms with Crippen molar-refractivity contribution in [2.24, 2.45) is 0 Å². The molecule has 0 radical (unpaired) electrons. The molecule has 1 aliphatic carbocycles. The van der Waals surface area contributed by atoms with E-state index < -0.39 is 0 Å². The third kappa shape index (κ3) is 3.51. The van der Waals surface area contributed by atoms with Crippen molar-refractivity contribution in [3.05, 3.63) is 56.7 Å². The summed E-state index contributed by atoms with van der Waals surface area (Å²) in [4.78, 5) is 0. The maximum Gasteiger partial charge on any atom is 0.0178 e. The van der Waals surface area contributed by atoms with Crippen molar-refractivity contribution >= 4 is 27.3 Å². The molecular formula is C17H20BrNS. The summed E-state index contributed by atoms with van der Waals surface area (Å²) in [5.74, 6) is 0.735. The van der Waals surface area contributed by atoms with E-state index >= 15 is 0 Å². The lowest BCUT2D eigenvalue weighted by molar-refractivity contribution is 0.269. The minimum Gasteiger partial charge on any atom is -0.311 e. The van der Waals surface area contributed by atoms with Gasteiger partial charge in [0.1, 0.15) is 0 Å². The van der Waals surface area contributed by atoms with Gasteiger partial charge in [-0.25, -0.2) is 0 Å². The summed E-state index contributed by atoms with van der Waals surface area (Å²) in [6.07, 6.45) is 3.68. The minimum atomic E-state index is 0.568. The van der Waals surface area contributed by atoms with E-state index in [4.69, 9.17) is 0 Å². The molecule has 1 heterocycles. The van der Waals surface area contributed by atoms with E-state index in [0.717, 1.165) is 12.3 Å². The Kier molecular flexibility index (Phi) is 4.59. The van der Waals surface area contributed by atoms with Crippen LogP contribution in [0.3, 0.4) is 0 Å². The molecule has 1 saturated carbocycles. The summed E-state index contributed by atoms with van der Waals surface area (Å²) >= 11 is 5.34. The summed E-state index contributed by atoms with van der Waals surface area (Å²) in [5, 5.41) is 8.18. The third-order valence-corrected chi connectivity index (χ3v) is 5.33. The maximum absolute atomic E-state index is 3.76. The molecule has 1 aliphatic rings. The summed E-state index contributed by atoms with van der Waals surface area (Å²) in [5.41, 5.74) is 2.93. The average molecular weight is 350 g/mol. The highest BCUT2D eigenvalue weighted by Crippen LogP contribution is 2.37. The molecule has 0 saturated heterocycles. The van der Waals surface area contributed by atoms with Crippen LogP contribution in [-0.4, -0.2) is 12.1 Å². The third-order valence-electron chi connectivity index (χ3n) is 4.10. The Morgan fingerprint density at radius 1 is 1.35 bits per heavy atom. The van der Waals surface area contributed by atoms with Crippen molar-refractivity contribution in [2.75, 3.05) is 0 Å². The van der Waals surface area contributed by atoms with E-state index in [0.29, 0.717) is 12.1 Å². The molecule has 1 fully saturated rings. The van der Waals surface area contributed by atoms with Crippen molar-refractivity contribution in [2.45, 2.75) is 44.2 Å². The van der Waals surface area contributed by atoms with Crippen LogP contribution in [0.25, 0.3) is 0 Å². The van der Waals surface area contributed by atoms with Crippen LogP contribution in [0.2, 0.25) is 0 Å². The van der Waals surface area contributed by atoms with E-state index in [-0.39, 0.29) is 0 Å². The zero-order valence-corrected chi connectivity index (χ0v) is 14.1. The van der Waals surface area contributed by atoms with Gasteiger partial charge in [-0.05, 0) is 72.2 Å². The van der Waals surface area contributed by atoms with E-state index in [9.17, 15) is 0 Å². The number of benzene rings is 1. The van der Waals surface area contributed by atoms with Gasteiger partial charge in [0.15, 0.2) is 0 Å². The molecule has 106 valence electrons. The number of rotatable bonds is 5. The van der Waals surface area contributed by atoms with Crippen LogP contribution in [-0.2, 0) is 6.42 Å². The smallest absolute Gasteiger partial charge is 0.0178 e. The monoisotopic (exact) mass is 349 g/mol. The fourth-order valence-electron chi connectivity index (χ4n) is 3.01. The molecule has 1 N–H and O–H groups in total. The molecular weight excluding hydrogens is 330 g/mol. The van der Waals surface area contributed by atoms with Crippen LogP contribution in [0.4, 0.5) is 0 Å². The number of halogens is 1. The second-order valence-electron chi connectivity index (χ2n) is 5.82. The quantitative estimate of drug-likeness (QED) is 0.802. The molecule has 0 aliphatic heterocycles. The first-order valence-corrected chi connectivity index (χ1v) is 8.97. The lowest BCUT2D eigenvalue weighted by atomic mass is 9.75. The number of nitrogens with one attached hydrogen (secondary N) is 1. The Bertz CT molecular complexity index is 546. The normalized spacial score (nSPS) is 23.3. The maximum atomic E-state index is 3.76. The van der Waals surface area contributed by atoms with Crippen molar-refractivity contribution in [3.8, 4) is 0 Å². The summed E-state index contributed by atoms with van der Waals surface area (Å²) in [6.45, 7) is 2.30. The molecule has 2 aromatic rings. The van der Waals surface area contributed by atoms with Gasteiger partial charge in [-0.15, -0.1) is 0 Å². The van der Waals surface area contributed by atoms with Gasteiger partial charge in [0, 0.05) is 16.6 Å². The van der Waals surface area contributed by atoms with E-state index in [2.05, 4.69) is 69.3 Å². The van der Waals surface area contributed by atoms with Gasteiger partial charge in [0.05, 0.1) is 0 Å². The Hall–Kier alpha value is -0.640. The predicted octanol–water partition coefficient (Wildman–Crippen LogP) is 4.98. The second kappa shape index (κ2) is 6.42. The Morgan fingerprint density at radius 3 is 2.90 bits per heavy atom.